The van der Waals surface area contributed by atoms with Crippen LogP contribution in [0.5, 0.6) is 0 Å². The fourth-order valence-corrected chi connectivity index (χ4v) is 1.54. The molecule has 1 aliphatic rings. The Balaban J connectivity index is 2.48. The highest BCUT2D eigenvalue weighted by Crippen LogP contribution is 2.13. The molecule has 0 unspecified atom stereocenters. The maximum absolute atomic E-state index is 10.6. The smallest absolute Gasteiger partial charge is 0.140 e. The van der Waals surface area contributed by atoms with Crippen molar-refractivity contribution in [1.82, 2.24) is 10.4 Å². The Hall–Kier alpha value is -0.780. The van der Waals surface area contributed by atoms with Crippen LogP contribution in [0.1, 0.15) is 19.8 Å². The summed E-state index contributed by atoms with van der Waals surface area (Å²) < 4.78 is 0. The van der Waals surface area contributed by atoms with Crippen LogP contribution in [0.4, 0.5) is 0 Å². The van der Waals surface area contributed by atoms with E-state index >= 15 is 0 Å². The minimum absolute atomic E-state index is 0.170. The van der Waals surface area contributed by atoms with E-state index in [1.54, 1.807) is 5.01 Å². The number of rotatable bonds is 5. The summed E-state index contributed by atoms with van der Waals surface area (Å²) in [6.45, 7) is 2.28. The topological polar surface area (TPSA) is 69.6 Å². The van der Waals surface area contributed by atoms with Crippen molar-refractivity contribution in [3.8, 4) is 0 Å². The standard InChI is InChI=1S/C9H16N2O3/c1-7(14)9(6-13)10-11-4-2-3-8(11)5-12/h5-10,14H,2-4H2,1H3/t7-,8+,9-/m1/s1. The summed E-state index contributed by atoms with van der Waals surface area (Å²) in [6.07, 6.45) is 2.51. The zero-order chi connectivity index (χ0) is 10.6. The summed E-state index contributed by atoms with van der Waals surface area (Å²) >= 11 is 0. The zero-order valence-corrected chi connectivity index (χ0v) is 8.22. The highest BCUT2D eigenvalue weighted by molar-refractivity contribution is 5.60. The molecule has 3 atom stereocenters. The SMILES string of the molecule is C[C@@H](O)[C@@H](C=O)NN1CCC[C@H]1C=O. The van der Waals surface area contributed by atoms with E-state index in [-0.39, 0.29) is 6.04 Å². The average molecular weight is 200 g/mol. The summed E-state index contributed by atoms with van der Waals surface area (Å²) in [5.74, 6) is 0. The van der Waals surface area contributed by atoms with Crippen LogP contribution in [0, 0.1) is 0 Å². The Morgan fingerprint density at radius 1 is 1.57 bits per heavy atom. The molecule has 0 aromatic carbocycles. The van der Waals surface area contributed by atoms with E-state index < -0.39 is 12.1 Å². The van der Waals surface area contributed by atoms with Crippen LogP contribution in [-0.4, -0.2) is 47.4 Å². The summed E-state index contributed by atoms with van der Waals surface area (Å²) in [7, 11) is 0. The minimum Gasteiger partial charge on any atom is -0.391 e. The Labute approximate surface area is 83.1 Å². The first-order chi connectivity index (χ1) is 6.69. The van der Waals surface area contributed by atoms with Crippen LogP contribution in [-0.2, 0) is 9.59 Å². The van der Waals surface area contributed by atoms with Crippen molar-refractivity contribution in [2.75, 3.05) is 6.54 Å². The lowest BCUT2D eigenvalue weighted by atomic mass is 10.2. The molecule has 1 fully saturated rings. The third-order valence-electron chi connectivity index (χ3n) is 2.44. The molecular formula is C9H16N2O3. The monoisotopic (exact) mass is 200 g/mol. The molecule has 0 aliphatic carbocycles. The number of aldehydes is 2. The van der Waals surface area contributed by atoms with Crippen LogP contribution in [0.3, 0.4) is 0 Å². The quantitative estimate of drug-likeness (QED) is 0.563. The molecule has 0 bridgehead atoms. The molecule has 0 saturated carbocycles. The second-order valence-corrected chi connectivity index (χ2v) is 3.57. The number of hydrogen-bond acceptors (Lipinski definition) is 5. The first-order valence-corrected chi connectivity index (χ1v) is 4.80. The van der Waals surface area contributed by atoms with E-state index in [0.717, 1.165) is 25.7 Å². The van der Waals surface area contributed by atoms with Crippen molar-refractivity contribution in [3.63, 3.8) is 0 Å². The van der Waals surface area contributed by atoms with Crippen molar-refractivity contribution in [2.24, 2.45) is 0 Å². The highest BCUT2D eigenvalue weighted by atomic mass is 16.3. The number of hydrogen-bond donors (Lipinski definition) is 2. The number of carbonyl (C=O) groups is 2. The predicted octanol–water partition coefficient (Wildman–Crippen LogP) is -0.897. The van der Waals surface area contributed by atoms with E-state index in [9.17, 15) is 14.7 Å². The lowest BCUT2D eigenvalue weighted by Crippen LogP contribution is -2.52. The second-order valence-electron chi connectivity index (χ2n) is 3.57. The molecule has 0 amide bonds. The van der Waals surface area contributed by atoms with Crippen LogP contribution in [0.15, 0.2) is 0 Å². The number of hydrazine groups is 1. The van der Waals surface area contributed by atoms with Crippen molar-refractivity contribution < 1.29 is 14.7 Å². The van der Waals surface area contributed by atoms with Crippen LogP contribution in [0.2, 0.25) is 0 Å². The number of aliphatic hydroxyl groups excluding tert-OH is 1. The third-order valence-corrected chi connectivity index (χ3v) is 2.44. The molecule has 1 saturated heterocycles. The van der Waals surface area contributed by atoms with Gasteiger partial charge in [-0.1, -0.05) is 0 Å². The summed E-state index contributed by atoms with van der Waals surface area (Å²) in [5.41, 5.74) is 2.85. The number of nitrogens with zero attached hydrogens (tertiary/aromatic N) is 1. The Morgan fingerprint density at radius 2 is 2.29 bits per heavy atom. The van der Waals surface area contributed by atoms with Crippen molar-refractivity contribution in [2.45, 2.75) is 38.0 Å². The van der Waals surface area contributed by atoms with Gasteiger partial charge in [-0.05, 0) is 19.8 Å². The Kier molecular flexibility index (Phi) is 4.19. The van der Waals surface area contributed by atoms with Crippen molar-refractivity contribution in [3.05, 3.63) is 0 Å². The number of nitrogens with one attached hydrogen (secondary N) is 1. The first kappa shape index (κ1) is 11.3. The molecule has 1 aliphatic heterocycles. The van der Waals surface area contributed by atoms with Gasteiger partial charge in [0.2, 0.25) is 0 Å². The molecular weight excluding hydrogens is 184 g/mol. The fraction of sp³-hybridized carbons (Fsp3) is 0.778. The Bertz CT molecular complexity index is 208. The lowest BCUT2D eigenvalue weighted by Gasteiger charge is -2.26. The molecule has 14 heavy (non-hydrogen) atoms. The summed E-state index contributed by atoms with van der Waals surface area (Å²) in [6, 6.07) is -0.799. The maximum Gasteiger partial charge on any atom is 0.140 e. The summed E-state index contributed by atoms with van der Waals surface area (Å²) in [5, 5.41) is 10.9. The van der Waals surface area contributed by atoms with Gasteiger partial charge in [0.1, 0.15) is 18.6 Å². The van der Waals surface area contributed by atoms with Gasteiger partial charge in [-0.2, -0.15) is 0 Å². The molecule has 5 heteroatoms. The normalized spacial score (nSPS) is 27.1. The van der Waals surface area contributed by atoms with E-state index in [4.69, 9.17) is 0 Å². The van der Waals surface area contributed by atoms with Crippen LogP contribution in [0.25, 0.3) is 0 Å². The fourth-order valence-electron chi connectivity index (χ4n) is 1.54. The summed E-state index contributed by atoms with van der Waals surface area (Å²) in [4.78, 5) is 21.2. The molecule has 0 aromatic heterocycles. The van der Waals surface area contributed by atoms with E-state index in [0.29, 0.717) is 6.29 Å². The maximum atomic E-state index is 10.6. The van der Waals surface area contributed by atoms with E-state index in [1.165, 1.54) is 6.92 Å². The molecule has 0 spiro atoms. The number of aliphatic hydroxyl groups is 1. The minimum atomic E-state index is -0.750. The third kappa shape index (κ3) is 2.60. The molecule has 0 radical (unpaired) electrons. The van der Waals surface area contributed by atoms with Gasteiger partial charge in [0, 0.05) is 6.54 Å². The van der Waals surface area contributed by atoms with Crippen molar-refractivity contribution in [1.29, 1.82) is 0 Å². The second kappa shape index (κ2) is 5.19. The molecule has 1 heterocycles. The molecule has 0 aromatic rings. The van der Waals surface area contributed by atoms with E-state index in [2.05, 4.69) is 5.43 Å². The molecule has 1 rings (SSSR count). The predicted molar refractivity (Wildman–Crippen MR) is 50.5 cm³/mol. The molecule has 80 valence electrons. The zero-order valence-electron chi connectivity index (χ0n) is 8.22. The van der Waals surface area contributed by atoms with E-state index in [1.807, 2.05) is 0 Å². The highest BCUT2D eigenvalue weighted by Gasteiger charge is 2.27. The van der Waals surface area contributed by atoms with Crippen LogP contribution >= 0.6 is 0 Å². The van der Waals surface area contributed by atoms with Gasteiger partial charge >= 0.3 is 0 Å². The van der Waals surface area contributed by atoms with Gasteiger partial charge in [-0.15, -0.1) is 0 Å². The van der Waals surface area contributed by atoms with Gasteiger partial charge < -0.3 is 14.7 Å². The number of carbonyl (C=O) groups excluding carboxylic acids is 2. The van der Waals surface area contributed by atoms with Gasteiger partial charge in [-0.25, -0.2) is 10.4 Å². The van der Waals surface area contributed by atoms with Crippen molar-refractivity contribution >= 4 is 12.6 Å². The molecule has 5 nitrogen and oxygen atoms in total. The Morgan fingerprint density at radius 3 is 2.79 bits per heavy atom. The van der Waals surface area contributed by atoms with Gasteiger partial charge in [-0.3, -0.25) is 0 Å². The first-order valence-electron chi connectivity index (χ1n) is 4.80. The van der Waals surface area contributed by atoms with Gasteiger partial charge in [0.15, 0.2) is 0 Å². The average Bonchev–Trinajstić information content (AvgIpc) is 2.60. The lowest BCUT2D eigenvalue weighted by molar-refractivity contribution is -0.117. The van der Waals surface area contributed by atoms with Gasteiger partial charge in [0.25, 0.3) is 0 Å². The largest absolute Gasteiger partial charge is 0.391 e. The molecule has 2 N–H and O–H groups in total. The van der Waals surface area contributed by atoms with Gasteiger partial charge in [0.05, 0.1) is 12.1 Å². The van der Waals surface area contributed by atoms with Crippen LogP contribution < -0.4 is 5.43 Å².